The number of carbonyl (C=O) groups excluding carboxylic acids is 1. The highest BCUT2D eigenvalue weighted by Gasteiger charge is 2.30. The predicted octanol–water partition coefficient (Wildman–Crippen LogP) is -0.955. The van der Waals surface area contributed by atoms with Crippen LogP contribution in [0.2, 0.25) is 0 Å². The molecule has 0 bridgehead atoms. The van der Waals surface area contributed by atoms with E-state index in [1.165, 1.54) is 4.68 Å². The van der Waals surface area contributed by atoms with Crippen LogP contribution in [0.15, 0.2) is 0 Å². The van der Waals surface area contributed by atoms with E-state index in [0.29, 0.717) is 0 Å². The molecule has 7 heteroatoms. The van der Waals surface area contributed by atoms with Crippen molar-refractivity contribution < 1.29 is 9.90 Å². The molecule has 0 unspecified atom stereocenters. The number of nitrogen functional groups attached to an aromatic ring is 1. The molecule has 1 aromatic rings. The Morgan fingerprint density at radius 1 is 1.53 bits per heavy atom. The summed E-state index contributed by atoms with van der Waals surface area (Å²) in [4.78, 5) is 10.9. The maximum absolute atomic E-state index is 10.9. The summed E-state index contributed by atoms with van der Waals surface area (Å²) in [6, 6.07) is -0.189. The number of carbonyl (C=O) groups is 1. The maximum Gasteiger partial charge on any atom is 0.273 e. The Morgan fingerprint density at radius 3 is 2.73 bits per heavy atom. The van der Waals surface area contributed by atoms with E-state index in [9.17, 15) is 9.90 Å². The van der Waals surface area contributed by atoms with Crippen molar-refractivity contribution >= 4 is 11.7 Å². The summed E-state index contributed by atoms with van der Waals surface area (Å²) >= 11 is 0. The topological polar surface area (TPSA) is 120 Å². The first kappa shape index (κ1) is 9.91. The highest BCUT2D eigenvalue weighted by molar-refractivity contribution is 5.94. The van der Waals surface area contributed by atoms with Gasteiger partial charge in [0.25, 0.3) is 5.91 Å². The number of aromatic nitrogens is 3. The highest BCUT2D eigenvalue weighted by Crippen LogP contribution is 2.31. The third-order valence-electron chi connectivity index (χ3n) is 2.72. The Kier molecular flexibility index (Phi) is 2.31. The fraction of sp³-hybridized carbons (Fsp3) is 0.625. The molecule has 15 heavy (non-hydrogen) atoms. The van der Waals surface area contributed by atoms with Crippen LogP contribution in [0, 0.1) is 0 Å². The number of aliphatic hydroxyl groups is 1. The number of rotatable bonds is 2. The second-order valence-corrected chi connectivity index (χ2v) is 3.70. The molecule has 7 nitrogen and oxygen atoms in total. The minimum absolute atomic E-state index is 0.0332. The van der Waals surface area contributed by atoms with Crippen molar-refractivity contribution in [3.63, 3.8) is 0 Å². The third kappa shape index (κ3) is 1.54. The fourth-order valence-corrected chi connectivity index (χ4v) is 1.93. The van der Waals surface area contributed by atoms with Crippen LogP contribution in [0.5, 0.6) is 0 Å². The summed E-state index contributed by atoms with van der Waals surface area (Å²) in [7, 11) is 0. The van der Waals surface area contributed by atoms with Gasteiger partial charge in [0, 0.05) is 0 Å². The van der Waals surface area contributed by atoms with Gasteiger partial charge in [0.2, 0.25) is 0 Å². The molecule has 0 saturated heterocycles. The molecule has 1 saturated carbocycles. The molecular weight excluding hydrogens is 198 g/mol. The molecule has 0 aliphatic heterocycles. The standard InChI is InChI=1S/C8H13N5O2/c9-7-6(8(10)15)11-12-13(7)4-2-1-3-5(4)14/h4-5,14H,1-3,9H2,(H2,10,15)/t4-,5-/m1/s1. The molecule has 2 atom stereocenters. The van der Waals surface area contributed by atoms with E-state index in [0.717, 1.165) is 19.3 Å². The van der Waals surface area contributed by atoms with E-state index in [2.05, 4.69) is 10.3 Å². The van der Waals surface area contributed by atoms with Crippen molar-refractivity contribution in [2.75, 3.05) is 5.73 Å². The summed E-state index contributed by atoms with van der Waals surface area (Å²) in [5.41, 5.74) is 10.7. The van der Waals surface area contributed by atoms with Gasteiger partial charge in [-0.25, -0.2) is 4.68 Å². The smallest absolute Gasteiger partial charge is 0.273 e. The van der Waals surface area contributed by atoms with Crippen LogP contribution >= 0.6 is 0 Å². The van der Waals surface area contributed by atoms with Crippen LogP contribution < -0.4 is 11.5 Å². The first-order chi connectivity index (χ1) is 7.11. The zero-order valence-corrected chi connectivity index (χ0v) is 8.13. The van der Waals surface area contributed by atoms with Gasteiger partial charge in [-0.05, 0) is 19.3 Å². The number of primary amides is 1. The zero-order valence-electron chi connectivity index (χ0n) is 8.13. The molecule has 0 radical (unpaired) electrons. The molecule has 0 spiro atoms. The number of amides is 1. The SMILES string of the molecule is NC(=O)c1nnn([C@@H]2CCC[C@H]2O)c1N. The van der Waals surface area contributed by atoms with Gasteiger partial charge >= 0.3 is 0 Å². The predicted molar refractivity (Wildman–Crippen MR) is 51.8 cm³/mol. The van der Waals surface area contributed by atoms with E-state index in [1.54, 1.807) is 0 Å². The van der Waals surface area contributed by atoms with Gasteiger partial charge in [0.15, 0.2) is 11.5 Å². The first-order valence-electron chi connectivity index (χ1n) is 4.79. The number of nitrogens with two attached hydrogens (primary N) is 2. The minimum atomic E-state index is -0.703. The van der Waals surface area contributed by atoms with Gasteiger partial charge in [-0.3, -0.25) is 4.79 Å². The first-order valence-corrected chi connectivity index (χ1v) is 4.79. The number of nitrogens with zero attached hydrogens (tertiary/aromatic N) is 3. The van der Waals surface area contributed by atoms with Crippen LogP contribution in [-0.2, 0) is 0 Å². The lowest BCUT2D eigenvalue weighted by atomic mass is 10.2. The van der Waals surface area contributed by atoms with E-state index in [-0.39, 0.29) is 17.6 Å². The largest absolute Gasteiger partial charge is 0.391 e. The Balaban J connectivity index is 2.33. The molecular formula is C8H13N5O2. The lowest BCUT2D eigenvalue weighted by Crippen LogP contribution is -2.22. The molecule has 2 rings (SSSR count). The van der Waals surface area contributed by atoms with Gasteiger partial charge in [-0.2, -0.15) is 0 Å². The molecule has 1 heterocycles. The minimum Gasteiger partial charge on any atom is -0.391 e. The van der Waals surface area contributed by atoms with Gasteiger partial charge in [0.1, 0.15) is 0 Å². The van der Waals surface area contributed by atoms with Gasteiger partial charge in [0.05, 0.1) is 12.1 Å². The zero-order chi connectivity index (χ0) is 11.0. The summed E-state index contributed by atoms with van der Waals surface area (Å²) in [5, 5.41) is 17.0. The van der Waals surface area contributed by atoms with Crippen LogP contribution in [-0.4, -0.2) is 32.1 Å². The normalized spacial score (nSPS) is 25.7. The average Bonchev–Trinajstić information content (AvgIpc) is 2.71. The van der Waals surface area contributed by atoms with Crippen LogP contribution in [0.1, 0.15) is 35.8 Å². The number of hydrogen-bond donors (Lipinski definition) is 3. The van der Waals surface area contributed by atoms with E-state index in [1.807, 2.05) is 0 Å². The van der Waals surface area contributed by atoms with Crippen molar-refractivity contribution in [2.45, 2.75) is 31.4 Å². The summed E-state index contributed by atoms with van der Waals surface area (Å²) in [6.45, 7) is 0. The summed E-state index contributed by atoms with van der Waals surface area (Å²) in [6.07, 6.45) is 1.94. The molecule has 1 aliphatic carbocycles. The molecule has 1 amide bonds. The highest BCUT2D eigenvalue weighted by atomic mass is 16.3. The molecule has 1 aromatic heterocycles. The average molecular weight is 211 g/mol. The van der Waals surface area contributed by atoms with Crippen molar-refractivity contribution in [3.8, 4) is 0 Å². The second-order valence-electron chi connectivity index (χ2n) is 3.70. The maximum atomic E-state index is 10.9. The second kappa shape index (κ2) is 3.50. The third-order valence-corrected chi connectivity index (χ3v) is 2.72. The van der Waals surface area contributed by atoms with E-state index in [4.69, 9.17) is 11.5 Å². The molecule has 1 aliphatic rings. The van der Waals surface area contributed by atoms with Crippen molar-refractivity contribution in [1.29, 1.82) is 0 Å². The quantitative estimate of drug-likeness (QED) is 0.582. The lowest BCUT2D eigenvalue weighted by molar-refractivity contribution is 0.0996. The fourth-order valence-electron chi connectivity index (χ4n) is 1.93. The number of aliphatic hydroxyl groups excluding tert-OH is 1. The molecule has 1 fully saturated rings. The number of hydrogen-bond acceptors (Lipinski definition) is 5. The van der Waals surface area contributed by atoms with Crippen LogP contribution in [0.4, 0.5) is 5.82 Å². The molecule has 5 N–H and O–H groups in total. The molecule has 0 aromatic carbocycles. The number of anilines is 1. The Labute approximate surface area is 86.0 Å². The summed E-state index contributed by atoms with van der Waals surface area (Å²) in [5.74, 6) is -0.570. The van der Waals surface area contributed by atoms with Gasteiger partial charge < -0.3 is 16.6 Å². The Bertz CT molecular complexity index is 388. The van der Waals surface area contributed by atoms with E-state index >= 15 is 0 Å². The van der Waals surface area contributed by atoms with Crippen LogP contribution in [0.25, 0.3) is 0 Å². The van der Waals surface area contributed by atoms with Crippen LogP contribution in [0.3, 0.4) is 0 Å². The van der Waals surface area contributed by atoms with Crippen molar-refractivity contribution in [3.05, 3.63) is 5.69 Å². The summed E-state index contributed by atoms with van der Waals surface area (Å²) < 4.78 is 1.39. The lowest BCUT2D eigenvalue weighted by Gasteiger charge is -2.15. The van der Waals surface area contributed by atoms with Gasteiger partial charge in [-0.1, -0.05) is 5.21 Å². The van der Waals surface area contributed by atoms with Crippen molar-refractivity contribution in [1.82, 2.24) is 15.0 Å². The molecule has 82 valence electrons. The monoisotopic (exact) mass is 211 g/mol. The van der Waals surface area contributed by atoms with E-state index < -0.39 is 12.0 Å². The Morgan fingerprint density at radius 2 is 2.27 bits per heavy atom. The van der Waals surface area contributed by atoms with Gasteiger partial charge in [-0.15, -0.1) is 5.10 Å². The Hall–Kier alpha value is -1.63. The van der Waals surface area contributed by atoms with Crippen molar-refractivity contribution in [2.24, 2.45) is 5.73 Å².